The fourth-order valence-corrected chi connectivity index (χ4v) is 0.526. The van der Waals surface area contributed by atoms with Crippen LogP contribution >= 0.6 is 12.6 Å². The van der Waals surface area contributed by atoms with Crippen LogP contribution in [0, 0.1) is 0 Å². The molecule has 0 aliphatic carbocycles. The minimum Gasteiger partial charge on any atom is -0.384 e. The van der Waals surface area contributed by atoms with Crippen LogP contribution in [0.3, 0.4) is 0 Å². The predicted molar refractivity (Wildman–Crippen MR) is 34.9 cm³/mol. The van der Waals surface area contributed by atoms with Crippen molar-refractivity contribution in [1.82, 2.24) is 0 Å². The zero-order chi connectivity index (χ0) is 6.57. The van der Waals surface area contributed by atoms with Crippen molar-refractivity contribution < 1.29 is 29.4 Å². The van der Waals surface area contributed by atoms with Gasteiger partial charge in [0, 0.05) is 19.5 Å². The van der Waals surface area contributed by atoms with E-state index in [4.69, 9.17) is 5.11 Å². The molecule has 9 heavy (non-hydrogen) atoms. The normalized spacial score (nSPS) is 11.9. The van der Waals surface area contributed by atoms with E-state index in [0.717, 1.165) is 6.42 Å². The molecule has 4 heteroatoms. The minimum atomic E-state index is -0.858. The standard InChI is InChI=1S/C5H10O2S.Zn/c1-2-3-4(6)5(7)8;/h4,6H,2-3H2,1H3,(H,7,8);/t4-;/m0./s1. The van der Waals surface area contributed by atoms with Crippen molar-refractivity contribution in [3.05, 3.63) is 0 Å². The number of aliphatic hydroxyl groups excluding tert-OH is 1. The number of rotatable bonds is 3. The molecule has 0 aromatic rings. The van der Waals surface area contributed by atoms with Gasteiger partial charge in [0.15, 0.2) is 0 Å². The summed E-state index contributed by atoms with van der Waals surface area (Å²) in [7, 11) is 0. The van der Waals surface area contributed by atoms with Gasteiger partial charge in [-0.05, 0) is 6.42 Å². The van der Waals surface area contributed by atoms with Gasteiger partial charge in [-0.15, -0.1) is 12.6 Å². The average Bonchev–Trinajstić information content (AvgIpc) is 1.67. The van der Waals surface area contributed by atoms with Gasteiger partial charge in [0.2, 0.25) is 5.12 Å². The van der Waals surface area contributed by atoms with Crippen molar-refractivity contribution >= 4 is 17.7 Å². The summed E-state index contributed by atoms with van der Waals surface area (Å²) in [4.78, 5) is 10.1. The van der Waals surface area contributed by atoms with Gasteiger partial charge in [-0.3, -0.25) is 4.79 Å². The molecule has 0 saturated heterocycles. The smallest absolute Gasteiger partial charge is 0.214 e. The summed E-state index contributed by atoms with van der Waals surface area (Å²) in [5.74, 6) is 0. The molecule has 0 aromatic heterocycles. The van der Waals surface area contributed by atoms with Crippen LogP contribution in [0.25, 0.3) is 0 Å². The number of carbonyl (C=O) groups excluding carboxylic acids is 1. The molecule has 0 aliphatic rings. The van der Waals surface area contributed by atoms with Crippen molar-refractivity contribution in [3.8, 4) is 0 Å². The Morgan fingerprint density at radius 1 is 1.78 bits per heavy atom. The van der Waals surface area contributed by atoms with E-state index in [1.165, 1.54) is 0 Å². The Morgan fingerprint density at radius 2 is 2.22 bits per heavy atom. The van der Waals surface area contributed by atoms with E-state index in [1.807, 2.05) is 6.92 Å². The van der Waals surface area contributed by atoms with E-state index in [-0.39, 0.29) is 19.5 Å². The van der Waals surface area contributed by atoms with Crippen molar-refractivity contribution in [2.75, 3.05) is 0 Å². The van der Waals surface area contributed by atoms with Crippen LogP contribution < -0.4 is 0 Å². The van der Waals surface area contributed by atoms with Gasteiger partial charge in [0.25, 0.3) is 0 Å². The molecule has 0 aliphatic heterocycles. The van der Waals surface area contributed by atoms with Gasteiger partial charge < -0.3 is 5.11 Å². The Balaban J connectivity index is 0. The summed E-state index contributed by atoms with van der Waals surface area (Å²) < 4.78 is 0. The minimum absolute atomic E-state index is 0. The van der Waals surface area contributed by atoms with Gasteiger partial charge in [0.1, 0.15) is 6.10 Å². The molecule has 0 heterocycles. The van der Waals surface area contributed by atoms with Gasteiger partial charge >= 0.3 is 0 Å². The van der Waals surface area contributed by atoms with Crippen LogP contribution in [0.2, 0.25) is 0 Å². The van der Waals surface area contributed by atoms with Gasteiger partial charge in [-0.25, -0.2) is 0 Å². The van der Waals surface area contributed by atoms with E-state index in [9.17, 15) is 4.79 Å². The molecule has 0 fully saturated rings. The topological polar surface area (TPSA) is 37.3 Å². The summed E-state index contributed by atoms with van der Waals surface area (Å²) >= 11 is 3.44. The Kier molecular flexibility index (Phi) is 9.18. The van der Waals surface area contributed by atoms with Gasteiger partial charge in [0.05, 0.1) is 0 Å². The quantitative estimate of drug-likeness (QED) is 0.516. The fraction of sp³-hybridized carbons (Fsp3) is 0.800. The first-order valence-electron chi connectivity index (χ1n) is 2.59. The molecule has 0 spiro atoms. The van der Waals surface area contributed by atoms with Crippen LogP contribution in [0.15, 0.2) is 0 Å². The van der Waals surface area contributed by atoms with Crippen molar-refractivity contribution in [2.45, 2.75) is 25.9 Å². The van der Waals surface area contributed by atoms with Gasteiger partial charge in [-0.2, -0.15) is 0 Å². The average molecular weight is 200 g/mol. The molecule has 0 rings (SSSR count). The third-order valence-electron chi connectivity index (χ3n) is 0.847. The molecule has 0 amide bonds. The van der Waals surface area contributed by atoms with E-state index in [1.54, 1.807) is 0 Å². The van der Waals surface area contributed by atoms with E-state index >= 15 is 0 Å². The second-order valence-electron chi connectivity index (χ2n) is 1.64. The summed E-state index contributed by atoms with van der Waals surface area (Å²) in [6, 6.07) is 0. The molecule has 1 atom stereocenters. The predicted octanol–water partition coefficient (Wildman–Crippen LogP) is 0.601. The Morgan fingerprint density at radius 3 is 2.33 bits per heavy atom. The summed E-state index contributed by atoms with van der Waals surface area (Å²) in [6.45, 7) is 1.90. The molecule has 0 radical (unpaired) electrons. The Bertz CT molecular complexity index is 87.0. The monoisotopic (exact) mass is 198 g/mol. The van der Waals surface area contributed by atoms with E-state index in [2.05, 4.69) is 12.6 Å². The summed E-state index contributed by atoms with van der Waals surface area (Å²) in [5, 5.41) is 8.26. The third-order valence-corrected chi connectivity index (χ3v) is 1.15. The Labute approximate surface area is 73.2 Å². The van der Waals surface area contributed by atoms with Crippen LogP contribution in [-0.4, -0.2) is 16.3 Å². The number of aliphatic hydroxyl groups is 1. The second kappa shape index (κ2) is 6.72. The van der Waals surface area contributed by atoms with Crippen LogP contribution in [0.1, 0.15) is 19.8 Å². The molecule has 1 N–H and O–H groups in total. The van der Waals surface area contributed by atoms with Crippen molar-refractivity contribution in [1.29, 1.82) is 0 Å². The fourth-order valence-electron chi connectivity index (χ4n) is 0.397. The number of hydrogen-bond donors (Lipinski definition) is 2. The first-order chi connectivity index (χ1) is 3.68. The summed E-state index contributed by atoms with van der Waals surface area (Å²) in [5.41, 5.74) is 0. The molecular weight excluding hydrogens is 190 g/mol. The zero-order valence-corrected chi connectivity index (χ0v) is 9.36. The largest absolute Gasteiger partial charge is 0.384 e. The number of thiol groups is 1. The third kappa shape index (κ3) is 6.49. The van der Waals surface area contributed by atoms with E-state index in [0.29, 0.717) is 6.42 Å². The number of carbonyl (C=O) groups is 1. The first kappa shape index (κ1) is 12.3. The Hall–Kier alpha value is 0.603. The molecule has 0 bridgehead atoms. The van der Waals surface area contributed by atoms with Crippen molar-refractivity contribution in [3.63, 3.8) is 0 Å². The molecule has 0 unspecified atom stereocenters. The van der Waals surface area contributed by atoms with Crippen molar-refractivity contribution in [2.24, 2.45) is 0 Å². The van der Waals surface area contributed by atoms with Crippen LogP contribution in [-0.2, 0) is 24.3 Å². The maximum absolute atomic E-state index is 10.1. The van der Waals surface area contributed by atoms with Gasteiger partial charge in [-0.1, -0.05) is 13.3 Å². The molecule has 2 nitrogen and oxygen atoms in total. The van der Waals surface area contributed by atoms with Crippen LogP contribution in [0.5, 0.6) is 0 Å². The van der Waals surface area contributed by atoms with E-state index < -0.39 is 11.2 Å². The first-order valence-corrected chi connectivity index (χ1v) is 3.04. The molecule has 0 aromatic carbocycles. The maximum Gasteiger partial charge on any atom is 0.214 e. The summed E-state index contributed by atoms with van der Waals surface area (Å²) in [6.07, 6.45) is 0.471. The zero-order valence-electron chi connectivity index (χ0n) is 5.50. The second-order valence-corrected chi connectivity index (χ2v) is 2.08. The van der Waals surface area contributed by atoms with Crippen LogP contribution in [0.4, 0.5) is 0 Å². The molecule has 0 saturated carbocycles. The maximum atomic E-state index is 10.1. The number of hydrogen-bond acceptors (Lipinski definition) is 2. The SMILES string of the molecule is CCC[C@H](O)C(=O)S.[Zn]. The molecule has 50 valence electrons. The molecular formula is C5H10O2SZn.